The Labute approximate surface area is 94.4 Å². The topological polar surface area (TPSA) is 75.8 Å². The zero-order valence-electron chi connectivity index (χ0n) is 9.43. The van der Waals surface area contributed by atoms with Gasteiger partial charge in [0.2, 0.25) is 0 Å². The SMILES string of the molecule is COc1ccc(C(=O)N(C)CCO)c(N)c1. The van der Waals surface area contributed by atoms with Gasteiger partial charge in [-0.2, -0.15) is 0 Å². The van der Waals surface area contributed by atoms with Crippen LogP contribution < -0.4 is 10.5 Å². The van der Waals surface area contributed by atoms with Gasteiger partial charge in [-0.3, -0.25) is 4.79 Å². The Bertz CT molecular complexity index is 379. The first kappa shape index (κ1) is 12.3. The molecular formula is C11H16N2O3. The molecule has 0 atom stereocenters. The van der Waals surface area contributed by atoms with Crippen LogP contribution in [0.5, 0.6) is 5.75 Å². The largest absolute Gasteiger partial charge is 0.497 e. The van der Waals surface area contributed by atoms with Crippen LogP contribution in [-0.4, -0.2) is 43.2 Å². The minimum Gasteiger partial charge on any atom is -0.497 e. The predicted molar refractivity (Wildman–Crippen MR) is 61.5 cm³/mol. The highest BCUT2D eigenvalue weighted by molar-refractivity contribution is 5.99. The maximum Gasteiger partial charge on any atom is 0.255 e. The van der Waals surface area contributed by atoms with Gasteiger partial charge in [0.05, 0.1) is 19.3 Å². The second-order valence-electron chi connectivity index (χ2n) is 3.40. The number of carbonyl (C=O) groups is 1. The number of nitrogen functional groups attached to an aromatic ring is 1. The van der Waals surface area contributed by atoms with Crippen molar-refractivity contribution in [3.05, 3.63) is 23.8 Å². The molecule has 16 heavy (non-hydrogen) atoms. The van der Waals surface area contributed by atoms with E-state index in [1.54, 1.807) is 25.2 Å². The first-order valence-electron chi connectivity index (χ1n) is 4.90. The molecule has 3 N–H and O–H groups in total. The molecule has 5 heteroatoms. The molecule has 0 heterocycles. The second kappa shape index (κ2) is 5.37. The molecule has 1 amide bonds. The number of nitrogens with two attached hydrogens (primary N) is 1. The standard InChI is InChI=1S/C11H16N2O3/c1-13(5-6-14)11(15)9-4-3-8(16-2)7-10(9)12/h3-4,7,14H,5-6,12H2,1-2H3. The second-order valence-corrected chi connectivity index (χ2v) is 3.40. The molecule has 0 fully saturated rings. The summed E-state index contributed by atoms with van der Waals surface area (Å²) in [6.07, 6.45) is 0. The molecule has 1 aromatic carbocycles. The van der Waals surface area contributed by atoms with Crippen LogP contribution in [0.3, 0.4) is 0 Å². The number of anilines is 1. The van der Waals surface area contributed by atoms with Gasteiger partial charge in [0.25, 0.3) is 5.91 Å². The number of carbonyl (C=O) groups excluding carboxylic acids is 1. The molecule has 0 saturated heterocycles. The molecular weight excluding hydrogens is 208 g/mol. The zero-order valence-corrected chi connectivity index (χ0v) is 9.43. The van der Waals surface area contributed by atoms with E-state index in [4.69, 9.17) is 15.6 Å². The number of aliphatic hydroxyl groups excluding tert-OH is 1. The summed E-state index contributed by atoms with van der Waals surface area (Å²) < 4.78 is 4.99. The van der Waals surface area contributed by atoms with E-state index in [1.165, 1.54) is 12.0 Å². The number of benzene rings is 1. The maximum atomic E-state index is 11.8. The molecule has 0 unspecified atom stereocenters. The van der Waals surface area contributed by atoms with Crippen LogP contribution in [0.4, 0.5) is 5.69 Å². The van der Waals surface area contributed by atoms with Crippen molar-refractivity contribution in [2.75, 3.05) is 33.0 Å². The van der Waals surface area contributed by atoms with Gasteiger partial charge in [0, 0.05) is 25.3 Å². The van der Waals surface area contributed by atoms with Gasteiger partial charge in [-0.05, 0) is 12.1 Å². The van der Waals surface area contributed by atoms with Crippen LogP contribution in [0, 0.1) is 0 Å². The Kier molecular flexibility index (Phi) is 4.13. The summed E-state index contributed by atoms with van der Waals surface area (Å²) in [7, 11) is 3.15. The van der Waals surface area contributed by atoms with Crippen LogP contribution in [0.15, 0.2) is 18.2 Å². The smallest absolute Gasteiger partial charge is 0.255 e. The molecule has 0 aliphatic carbocycles. The normalized spacial score (nSPS) is 9.94. The van der Waals surface area contributed by atoms with E-state index < -0.39 is 0 Å². The fourth-order valence-electron chi connectivity index (χ4n) is 1.32. The summed E-state index contributed by atoms with van der Waals surface area (Å²) in [4.78, 5) is 13.3. The zero-order chi connectivity index (χ0) is 12.1. The quantitative estimate of drug-likeness (QED) is 0.723. The molecule has 0 aromatic heterocycles. The number of likely N-dealkylation sites (N-methyl/N-ethyl adjacent to an activating group) is 1. The molecule has 0 aliphatic heterocycles. The Morgan fingerprint density at radius 1 is 1.56 bits per heavy atom. The summed E-state index contributed by atoms with van der Waals surface area (Å²) in [5.74, 6) is 0.396. The molecule has 88 valence electrons. The van der Waals surface area contributed by atoms with Crippen molar-refractivity contribution in [2.45, 2.75) is 0 Å². The van der Waals surface area contributed by atoms with E-state index in [9.17, 15) is 4.79 Å². The average Bonchev–Trinajstić information content (AvgIpc) is 2.28. The van der Waals surface area contributed by atoms with Crippen molar-refractivity contribution in [1.82, 2.24) is 4.90 Å². The average molecular weight is 224 g/mol. The Hall–Kier alpha value is -1.75. The number of aliphatic hydroxyl groups is 1. The molecule has 0 radical (unpaired) electrons. The minimum absolute atomic E-state index is 0.0711. The van der Waals surface area contributed by atoms with E-state index in [-0.39, 0.29) is 19.1 Å². The number of amides is 1. The molecule has 1 rings (SSSR count). The lowest BCUT2D eigenvalue weighted by Crippen LogP contribution is -2.30. The molecule has 0 spiro atoms. The van der Waals surface area contributed by atoms with Gasteiger partial charge in [-0.1, -0.05) is 0 Å². The summed E-state index contributed by atoms with van der Waals surface area (Å²) >= 11 is 0. The first-order chi connectivity index (χ1) is 7.60. The summed E-state index contributed by atoms with van der Waals surface area (Å²) in [5, 5.41) is 8.74. The van der Waals surface area contributed by atoms with Crippen LogP contribution in [0.2, 0.25) is 0 Å². The fourth-order valence-corrected chi connectivity index (χ4v) is 1.32. The van der Waals surface area contributed by atoms with E-state index in [1.807, 2.05) is 0 Å². The first-order valence-corrected chi connectivity index (χ1v) is 4.90. The van der Waals surface area contributed by atoms with Crippen molar-refractivity contribution >= 4 is 11.6 Å². The number of hydrogen-bond donors (Lipinski definition) is 2. The van der Waals surface area contributed by atoms with Gasteiger partial charge >= 0.3 is 0 Å². The fraction of sp³-hybridized carbons (Fsp3) is 0.364. The number of methoxy groups -OCH3 is 1. The number of rotatable bonds is 4. The van der Waals surface area contributed by atoms with E-state index in [0.29, 0.717) is 17.0 Å². The lowest BCUT2D eigenvalue weighted by molar-refractivity contribution is 0.0768. The van der Waals surface area contributed by atoms with Crippen LogP contribution in [-0.2, 0) is 0 Å². The van der Waals surface area contributed by atoms with Crippen molar-refractivity contribution < 1.29 is 14.6 Å². The molecule has 1 aromatic rings. The van der Waals surface area contributed by atoms with Crippen LogP contribution in [0.25, 0.3) is 0 Å². The highest BCUT2D eigenvalue weighted by Crippen LogP contribution is 2.20. The van der Waals surface area contributed by atoms with Gasteiger partial charge in [0.15, 0.2) is 0 Å². The Morgan fingerprint density at radius 2 is 2.25 bits per heavy atom. The van der Waals surface area contributed by atoms with Crippen molar-refractivity contribution in [3.63, 3.8) is 0 Å². The highest BCUT2D eigenvalue weighted by atomic mass is 16.5. The van der Waals surface area contributed by atoms with Crippen LogP contribution in [0.1, 0.15) is 10.4 Å². The Balaban J connectivity index is 2.91. The number of hydrogen-bond acceptors (Lipinski definition) is 4. The van der Waals surface area contributed by atoms with Crippen molar-refractivity contribution in [2.24, 2.45) is 0 Å². The number of nitrogens with zero attached hydrogens (tertiary/aromatic N) is 1. The molecule has 0 aliphatic rings. The maximum absolute atomic E-state index is 11.8. The van der Waals surface area contributed by atoms with Crippen LogP contribution >= 0.6 is 0 Å². The third-order valence-corrected chi connectivity index (χ3v) is 2.27. The third-order valence-electron chi connectivity index (χ3n) is 2.27. The van der Waals surface area contributed by atoms with Gasteiger partial charge in [0.1, 0.15) is 5.75 Å². The number of ether oxygens (including phenoxy) is 1. The minimum atomic E-state index is -0.214. The van der Waals surface area contributed by atoms with Crippen molar-refractivity contribution in [1.29, 1.82) is 0 Å². The summed E-state index contributed by atoms with van der Waals surface area (Å²) in [5.41, 5.74) is 6.53. The molecule has 0 saturated carbocycles. The lowest BCUT2D eigenvalue weighted by Gasteiger charge is -2.17. The van der Waals surface area contributed by atoms with E-state index in [0.717, 1.165) is 0 Å². The summed E-state index contributed by atoms with van der Waals surface area (Å²) in [6, 6.07) is 4.89. The Morgan fingerprint density at radius 3 is 2.75 bits per heavy atom. The lowest BCUT2D eigenvalue weighted by atomic mass is 10.1. The highest BCUT2D eigenvalue weighted by Gasteiger charge is 2.14. The third kappa shape index (κ3) is 2.64. The molecule has 0 bridgehead atoms. The monoisotopic (exact) mass is 224 g/mol. The van der Waals surface area contributed by atoms with Gasteiger partial charge in [-0.15, -0.1) is 0 Å². The van der Waals surface area contributed by atoms with Crippen molar-refractivity contribution in [3.8, 4) is 5.75 Å². The van der Waals surface area contributed by atoms with Gasteiger partial charge < -0.3 is 20.5 Å². The van der Waals surface area contributed by atoms with E-state index in [2.05, 4.69) is 0 Å². The van der Waals surface area contributed by atoms with Gasteiger partial charge in [-0.25, -0.2) is 0 Å². The van der Waals surface area contributed by atoms with E-state index >= 15 is 0 Å². The predicted octanol–water partition coefficient (Wildman–Crippen LogP) is 0.342. The molecule has 5 nitrogen and oxygen atoms in total. The summed E-state index contributed by atoms with van der Waals surface area (Å²) in [6.45, 7) is 0.211.